The number of aromatic nitrogens is 2. The lowest BCUT2D eigenvalue weighted by molar-refractivity contribution is 0.0666. The van der Waals surface area contributed by atoms with Gasteiger partial charge in [0.1, 0.15) is 0 Å². The molecule has 102 valence electrons. The van der Waals surface area contributed by atoms with E-state index < -0.39 is 0 Å². The van der Waals surface area contributed by atoms with E-state index in [4.69, 9.17) is 0 Å². The molecule has 0 radical (unpaired) electrons. The Morgan fingerprint density at radius 1 is 1.39 bits per heavy atom. The Labute approximate surface area is 110 Å². The van der Waals surface area contributed by atoms with Gasteiger partial charge in [-0.05, 0) is 43.1 Å². The van der Waals surface area contributed by atoms with Crippen LogP contribution in [0.4, 0.5) is 0 Å². The van der Waals surface area contributed by atoms with Crippen LogP contribution in [0.5, 0.6) is 0 Å². The molecule has 18 heavy (non-hydrogen) atoms. The van der Waals surface area contributed by atoms with Crippen LogP contribution in [0.15, 0.2) is 12.4 Å². The second-order valence-corrected chi connectivity index (χ2v) is 5.82. The highest BCUT2D eigenvalue weighted by molar-refractivity contribution is 5.03. The van der Waals surface area contributed by atoms with Crippen molar-refractivity contribution < 1.29 is 5.11 Å². The van der Waals surface area contributed by atoms with Crippen molar-refractivity contribution in [1.82, 2.24) is 9.78 Å². The summed E-state index contributed by atoms with van der Waals surface area (Å²) in [7, 11) is 1.94. The van der Waals surface area contributed by atoms with Crippen LogP contribution in [0.1, 0.15) is 51.0 Å². The quantitative estimate of drug-likeness (QED) is 0.872. The molecule has 3 heteroatoms. The molecule has 1 N–H and O–H groups in total. The first-order chi connectivity index (χ1) is 8.69. The van der Waals surface area contributed by atoms with Crippen LogP contribution < -0.4 is 0 Å². The van der Waals surface area contributed by atoms with E-state index in [2.05, 4.69) is 12.0 Å². The highest BCUT2D eigenvalue weighted by Gasteiger charge is 2.25. The third-order valence-electron chi connectivity index (χ3n) is 4.50. The molecular formula is C15H26N2O. The Morgan fingerprint density at radius 3 is 2.67 bits per heavy atom. The van der Waals surface area contributed by atoms with Crippen LogP contribution in [0.25, 0.3) is 0 Å². The first kappa shape index (κ1) is 13.6. The van der Waals surface area contributed by atoms with Gasteiger partial charge in [0, 0.05) is 13.2 Å². The van der Waals surface area contributed by atoms with Crippen LogP contribution in [0.3, 0.4) is 0 Å². The first-order valence-corrected chi connectivity index (χ1v) is 7.34. The number of hydrogen-bond acceptors (Lipinski definition) is 2. The van der Waals surface area contributed by atoms with Gasteiger partial charge >= 0.3 is 0 Å². The monoisotopic (exact) mass is 250 g/mol. The molecule has 0 amide bonds. The number of hydrogen-bond donors (Lipinski definition) is 1. The number of aliphatic hydroxyl groups is 1. The van der Waals surface area contributed by atoms with Crippen molar-refractivity contribution in [2.24, 2.45) is 18.9 Å². The standard InChI is InChI=1S/C15H26N2O/c1-3-12-4-7-14(8-5-12)15(18)9-6-13-10-16-17(2)11-13/h10-12,14-15,18H,3-9H2,1-2H3. The fraction of sp³-hybridized carbons (Fsp3) is 0.800. The third-order valence-corrected chi connectivity index (χ3v) is 4.50. The summed E-state index contributed by atoms with van der Waals surface area (Å²) < 4.78 is 1.83. The van der Waals surface area contributed by atoms with E-state index in [-0.39, 0.29) is 6.10 Å². The summed E-state index contributed by atoms with van der Waals surface area (Å²) in [6, 6.07) is 0. The Hall–Kier alpha value is -0.830. The second kappa shape index (κ2) is 6.37. The van der Waals surface area contributed by atoms with Gasteiger partial charge in [-0.15, -0.1) is 0 Å². The van der Waals surface area contributed by atoms with E-state index >= 15 is 0 Å². The third kappa shape index (κ3) is 3.58. The molecule has 0 aliphatic heterocycles. The highest BCUT2D eigenvalue weighted by Crippen LogP contribution is 2.33. The normalized spacial score (nSPS) is 26.2. The minimum Gasteiger partial charge on any atom is -0.393 e. The smallest absolute Gasteiger partial charge is 0.0571 e. The molecule has 1 saturated carbocycles. The van der Waals surface area contributed by atoms with Gasteiger partial charge in [-0.3, -0.25) is 4.68 Å². The van der Waals surface area contributed by atoms with Gasteiger partial charge in [-0.25, -0.2) is 0 Å². The van der Waals surface area contributed by atoms with Crippen LogP contribution in [-0.2, 0) is 13.5 Å². The molecule has 1 unspecified atom stereocenters. The van der Waals surface area contributed by atoms with Gasteiger partial charge in [-0.1, -0.05) is 26.2 Å². The van der Waals surface area contributed by atoms with E-state index in [0.29, 0.717) is 5.92 Å². The molecule has 2 rings (SSSR count). The lowest BCUT2D eigenvalue weighted by Gasteiger charge is -2.31. The maximum absolute atomic E-state index is 10.3. The van der Waals surface area contributed by atoms with Crippen molar-refractivity contribution in [3.8, 4) is 0 Å². The Balaban J connectivity index is 1.73. The molecule has 1 aliphatic carbocycles. The maximum Gasteiger partial charge on any atom is 0.0571 e. The fourth-order valence-electron chi connectivity index (χ4n) is 3.13. The summed E-state index contributed by atoms with van der Waals surface area (Å²) >= 11 is 0. The molecule has 0 saturated heterocycles. The molecule has 1 fully saturated rings. The molecule has 1 aliphatic rings. The van der Waals surface area contributed by atoms with Crippen LogP contribution in [0.2, 0.25) is 0 Å². The van der Waals surface area contributed by atoms with Gasteiger partial charge in [0.15, 0.2) is 0 Å². The van der Waals surface area contributed by atoms with Gasteiger partial charge in [0.25, 0.3) is 0 Å². The summed E-state index contributed by atoms with van der Waals surface area (Å²) in [6.45, 7) is 2.28. The van der Waals surface area contributed by atoms with Gasteiger partial charge < -0.3 is 5.11 Å². The summed E-state index contributed by atoms with van der Waals surface area (Å²) in [5.41, 5.74) is 1.23. The molecular weight excluding hydrogens is 224 g/mol. The number of aryl methyl sites for hydroxylation is 2. The molecule has 1 atom stereocenters. The van der Waals surface area contributed by atoms with Crippen molar-refractivity contribution in [3.63, 3.8) is 0 Å². The first-order valence-electron chi connectivity index (χ1n) is 7.34. The van der Waals surface area contributed by atoms with E-state index in [1.54, 1.807) is 0 Å². The van der Waals surface area contributed by atoms with Crippen LogP contribution >= 0.6 is 0 Å². The fourth-order valence-corrected chi connectivity index (χ4v) is 3.13. The Kier molecular flexibility index (Phi) is 4.81. The molecule has 1 heterocycles. The largest absolute Gasteiger partial charge is 0.393 e. The number of rotatable bonds is 5. The maximum atomic E-state index is 10.3. The van der Waals surface area contributed by atoms with Gasteiger partial charge in [-0.2, -0.15) is 5.10 Å². The zero-order valence-electron chi connectivity index (χ0n) is 11.7. The van der Waals surface area contributed by atoms with Gasteiger partial charge in [0.2, 0.25) is 0 Å². The average molecular weight is 250 g/mol. The minimum atomic E-state index is -0.122. The second-order valence-electron chi connectivity index (χ2n) is 5.82. The summed E-state index contributed by atoms with van der Waals surface area (Å²) in [4.78, 5) is 0. The van der Waals surface area contributed by atoms with E-state index in [9.17, 15) is 5.11 Å². The lowest BCUT2D eigenvalue weighted by atomic mass is 9.77. The van der Waals surface area contributed by atoms with Crippen molar-refractivity contribution in [2.45, 2.75) is 58.0 Å². The molecule has 0 spiro atoms. The Bertz CT molecular complexity index is 353. The minimum absolute atomic E-state index is 0.122. The van der Waals surface area contributed by atoms with Crippen molar-refractivity contribution >= 4 is 0 Å². The molecule has 3 nitrogen and oxygen atoms in total. The molecule has 1 aromatic heterocycles. The zero-order valence-corrected chi connectivity index (χ0v) is 11.7. The summed E-state index contributed by atoms with van der Waals surface area (Å²) in [6.07, 6.45) is 12.0. The zero-order chi connectivity index (χ0) is 13.0. The molecule has 0 aromatic carbocycles. The predicted octanol–water partition coefficient (Wildman–Crippen LogP) is 2.93. The average Bonchev–Trinajstić information content (AvgIpc) is 2.82. The van der Waals surface area contributed by atoms with E-state index in [1.807, 2.05) is 24.1 Å². The van der Waals surface area contributed by atoms with E-state index in [0.717, 1.165) is 18.8 Å². The van der Waals surface area contributed by atoms with Crippen molar-refractivity contribution in [2.75, 3.05) is 0 Å². The van der Waals surface area contributed by atoms with E-state index in [1.165, 1.54) is 37.7 Å². The number of aliphatic hydroxyl groups excluding tert-OH is 1. The number of nitrogens with zero attached hydrogens (tertiary/aromatic N) is 2. The SMILES string of the molecule is CCC1CCC(C(O)CCc2cnn(C)c2)CC1. The molecule has 0 bridgehead atoms. The highest BCUT2D eigenvalue weighted by atomic mass is 16.3. The topological polar surface area (TPSA) is 38.1 Å². The summed E-state index contributed by atoms with van der Waals surface area (Å²) in [5, 5.41) is 14.4. The molecule has 1 aromatic rings. The summed E-state index contributed by atoms with van der Waals surface area (Å²) in [5.74, 6) is 1.44. The van der Waals surface area contributed by atoms with Crippen LogP contribution in [0, 0.1) is 11.8 Å². The lowest BCUT2D eigenvalue weighted by Crippen LogP contribution is -2.26. The van der Waals surface area contributed by atoms with Crippen LogP contribution in [-0.4, -0.2) is 21.0 Å². The predicted molar refractivity (Wildman–Crippen MR) is 73.3 cm³/mol. The van der Waals surface area contributed by atoms with Gasteiger partial charge in [0.05, 0.1) is 12.3 Å². The Morgan fingerprint density at radius 2 is 2.11 bits per heavy atom. The van der Waals surface area contributed by atoms with Crippen molar-refractivity contribution in [1.29, 1.82) is 0 Å². The van der Waals surface area contributed by atoms with Crippen molar-refractivity contribution in [3.05, 3.63) is 18.0 Å².